The number of methoxy groups -OCH3 is 1. The van der Waals surface area contributed by atoms with Gasteiger partial charge in [0.15, 0.2) is 5.17 Å². The number of amidine groups is 1. The van der Waals surface area contributed by atoms with Crippen molar-refractivity contribution in [1.82, 2.24) is 4.90 Å². The van der Waals surface area contributed by atoms with Crippen LogP contribution in [0.4, 0.5) is 5.69 Å². The number of benzene rings is 1. The number of hydrogen-bond acceptors (Lipinski definition) is 7. The fraction of sp³-hybridized carbons (Fsp3) is 0.389. The number of hydrogen-bond donors (Lipinski definition) is 0. The Hall–Kier alpha value is -2.48. The number of carbonyl (C=O) groups excluding carboxylic acids is 2. The second-order valence-corrected chi connectivity index (χ2v) is 6.65. The van der Waals surface area contributed by atoms with Crippen molar-refractivity contribution in [3.63, 3.8) is 0 Å². The van der Waals surface area contributed by atoms with E-state index in [4.69, 9.17) is 9.47 Å². The average Bonchev–Trinajstić information content (AvgIpc) is 2.88. The van der Waals surface area contributed by atoms with Crippen LogP contribution in [0.1, 0.15) is 12.5 Å². The van der Waals surface area contributed by atoms with Gasteiger partial charge in [-0.1, -0.05) is 11.8 Å². The third-order valence-corrected chi connectivity index (χ3v) is 4.68. The molecule has 1 aliphatic rings. The van der Waals surface area contributed by atoms with E-state index in [9.17, 15) is 9.59 Å². The van der Waals surface area contributed by atoms with Crippen LogP contribution in [-0.2, 0) is 14.3 Å². The second kappa shape index (κ2) is 8.75. The van der Waals surface area contributed by atoms with Gasteiger partial charge in [0.05, 0.1) is 19.5 Å². The summed E-state index contributed by atoms with van der Waals surface area (Å²) in [5.41, 5.74) is 2.05. The molecule has 1 aromatic rings. The van der Waals surface area contributed by atoms with Crippen molar-refractivity contribution < 1.29 is 19.1 Å². The van der Waals surface area contributed by atoms with Crippen molar-refractivity contribution in [2.24, 2.45) is 4.99 Å². The van der Waals surface area contributed by atoms with Crippen molar-refractivity contribution in [3.8, 4) is 5.75 Å². The van der Waals surface area contributed by atoms with E-state index in [2.05, 4.69) is 4.99 Å². The number of carbonyl (C=O) groups is 2. The third kappa shape index (κ3) is 4.57. The number of likely N-dealkylation sites (N-methyl/N-ethyl adjacent to an activating group) is 1. The smallest absolute Gasteiger partial charge is 0.316 e. The number of ether oxygens (including phenoxy) is 2. The summed E-state index contributed by atoms with van der Waals surface area (Å²) in [6.45, 7) is 2.08. The first-order valence-corrected chi connectivity index (χ1v) is 9.08. The monoisotopic (exact) mass is 377 g/mol. The number of aliphatic imine (C=N–C) groups is 1. The van der Waals surface area contributed by atoms with Gasteiger partial charge >= 0.3 is 5.97 Å². The standard InChI is InChI=1S/C18H23N3O4S/c1-6-25-16(22)11-26-18-19-14(17(23)21(18)4)9-12-7-8-13(20(2)3)10-15(12)24-5/h7-10H,6,11H2,1-5H3/b14-9-. The largest absolute Gasteiger partial charge is 0.496 e. The molecular formula is C18H23N3O4S. The van der Waals surface area contributed by atoms with Gasteiger partial charge in [-0.2, -0.15) is 0 Å². The van der Waals surface area contributed by atoms with Crippen molar-refractivity contribution in [2.45, 2.75) is 6.92 Å². The molecule has 1 heterocycles. The van der Waals surface area contributed by atoms with Gasteiger partial charge in [-0.25, -0.2) is 4.99 Å². The van der Waals surface area contributed by atoms with Crippen molar-refractivity contribution in [2.75, 3.05) is 45.5 Å². The molecule has 0 saturated carbocycles. The SMILES string of the molecule is CCOC(=O)CSC1=N/C(=C\c2ccc(N(C)C)cc2OC)C(=O)N1C. The Balaban J connectivity index is 2.24. The van der Waals surface area contributed by atoms with Crippen LogP contribution in [0.25, 0.3) is 6.08 Å². The first kappa shape index (κ1) is 19.8. The van der Waals surface area contributed by atoms with Gasteiger partial charge in [-0.3, -0.25) is 14.5 Å². The topological polar surface area (TPSA) is 71.4 Å². The molecule has 140 valence electrons. The summed E-state index contributed by atoms with van der Waals surface area (Å²) < 4.78 is 10.3. The summed E-state index contributed by atoms with van der Waals surface area (Å²) in [5, 5.41) is 0.471. The molecule has 0 bridgehead atoms. The van der Waals surface area contributed by atoms with Crippen molar-refractivity contribution >= 4 is 40.6 Å². The van der Waals surface area contributed by atoms with E-state index in [0.717, 1.165) is 11.3 Å². The average molecular weight is 377 g/mol. The number of nitrogens with zero attached hydrogens (tertiary/aromatic N) is 3. The van der Waals surface area contributed by atoms with E-state index >= 15 is 0 Å². The van der Waals surface area contributed by atoms with Crippen LogP contribution in [0.15, 0.2) is 28.9 Å². The maximum Gasteiger partial charge on any atom is 0.316 e. The molecule has 8 heteroatoms. The Morgan fingerprint density at radius 3 is 2.73 bits per heavy atom. The van der Waals surface area contributed by atoms with Crippen molar-refractivity contribution in [3.05, 3.63) is 29.5 Å². The molecule has 7 nitrogen and oxygen atoms in total. The highest BCUT2D eigenvalue weighted by atomic mass is 32.2. The van der Waals surface area contributed by atoms with E-state index < -0.39 is 0 Å². The lowest BCUT2D eigenvalue weighted by molar-refractivity contribution is -0.139. The predicted octanol–water partition coefficient (Wildman–Crippen LogP) is 2.23. The summed E-state index contributed by atoms with van der Waals surface area (Å²) in [4.78, 5) is 31.7. The molecule has 0 radical (unpaired) electrons. The van der Waals surface area contributed by atoms with Crippen LogP contribution in [0, 0.1) is 0 Å². The minimum Gasteiger partial charge on any atom is -0.496 e. The number of rotatable bonds is 6. The number of esters is 1. The Bertz CT molecular complexity index is 759. The van der Waals surface area contributed by atoms with Crippen LogP contribution in [-0.4, -0.2) is 62.6 Å². The number of amides is 1. The van der Waals surface area contributed by atoms with E-state index in [1.54, 1.807) is 27.2 Å². The molecule has 0 N–H and O–H groups in total. The van der Waals surface area contributed by atoms with Gasteiger partial charge in [0.25, 0.3) is 5.91 Å². The van der Waals surface area contributed by atoms with Crippen LogP contribution in [0.5, 0.6) is 5.75 Å². The molecule has 0 aliphatic carbocycles. The number of thioether (sulfide) groups is 1. The van der Waals surface area contributed by atoms with Crippen LogP contribution in [0.2, 0.25) is 0 Å². The zero-order chi connectivity index (χ0) is 19.3. The zero-order valence-electron chi connectivity index (χ0n) is 15.6. The van der Waals surface area contributed by atoms with E-state index in [0.29, 0.717) is 23.2 Å². The summed E-state index contributed by atoms with van der Waals surface area (Å²) >= 11 is 1.18. The molecule has 0 saturated heterocycles. The molecular weight excluding hydrogens is 354 g/mol. The van der Waals surface area contributed by atoms with Gasteiger partial charge < -0.3 is 14.4 Å². The Morgan fingerprint density at radius 1 is 1.38 bits per heavy atom. The molecule has 0 unspecified atom stereocenters. The molecule has 1 amide bonds. The summed E-state index contributed by atoms with van der Waals surface area (Å²) in [5.74, 6) is 0.204. The van der Waals surface area contributed by atoms with Gasteiger partial charge in [-0.15, -0.1) is 0 Å². The van der Waals surface area contributed by atoms with E-state index in [1.807, 2.05) is 37.2 Å². The minimum atomic E-state index is -0.334. The Kier molecular flexibility index (Phi) is 6.68. The van der Waals surface area contributed by atoms with E-state index in [1.165, 1.54) is 16.7 Å². The fourth-order valence-corrected chi connectivity index (χ4v) is 3.05. The van der Waals surface area contributed by atoms with Gasteiger partial charge in [0.2, 0.25) is 0 Å². The lowest BCUT2D eigenvalue weighted by Gasteiger charge is -2.15. The maximum atomic E-state index is 12.4. The molecule has 0 aromatic heterocycles. The highest BCUT2D eigenvalue weighted by Crippen LogP contribution is 2.29. The molecule has 2 rings (SSSR count). The highest BCUT2D eigenvalue weighted by molar-refractivity contribution is 8.14. The zero-order valence-corrected chi connectivity index (χ0v) is 16.4. The first-order chi connectivity index (χ1) is 12.4. The molecule has 26 heavy (non-hydrogen) atoms. The molecule has 0 fully saturated rings. The van der Waals surface area contributed by atoms with Gasteiger partial charge in [0.1, 0.15) is 11.4 Å². The minimum absolute atomic E-state index is 0.110. The lowest BCUT2D eigenvalue weighted by atomic mass is 10.1. The second-order valence-electron chi connectivity index (χ2n) is 5.70. The van der Waals surface area contributed by atoms with Crippen LogP contribution >= 0.6 is 11.8 Å². The number of anilines is 1. The molecule has 1 aliphatic heterocycles. The van der Waals surface area contributed by atoms with Crippen LogP contribution < -0.4 is 9.64 Å². The summed E-state index contributed by atoms with van der Waals surface area (Å²) in [7, 11) is 7.11. The summed E-state index contributed by atoms with van der Waals surface area (Å²) in [6.07, 6.45) is 1.69. The van der Waals surface area contributed by atoms with E-state index in [-0.39, 0.29) is 17.6 Å². The molecule has 0 spiro atoms. The Labute approximate surface area is 157 Å². The van der Waals surface area contributed by atoms with Crippen molar-refractivity contribution in [1.29, 1.82) is 0 Å². The quantitative estimate of drug-likeness (QED) is 0.559. The van der Waals surface area contributed by atoms with Crippen LogP contribution in [0.3, 0.4) is 0 Å². The molecule has 1 aromatic carbocycles. The fourth-order valence-electron chi connectivity index (χ4n) is 2.28. The summed E-state index contributed by atoms with van der Waals surface area (Å²) in [6, 6.07) is 5.72. The maximum absolute atomic E-state index is 12.4. The van der Waals surface area contributed by atoms with Gasteiger partial charge in [0, 0.05) is 38.5 Å². The first-order valence-electron chi connectivity index (χ1n) is 8.09. The van der Waals surface area contributed by atoms with Gasteiger partial charge in [-0.05, 0) is 25.1 Å². The third-order valence-electron chi connectivity index (χ3n) is 3.68. The Morgan fingerprint density at radius 2 is 2.12 bits per heavy atom. The lowest BCUT2D eigenvalue weighted by Crippen LogP contribution is -2.26. The predicted molar refractivity (Wildman–Crippen MR) is 105 cm³/mol. The highest BCUT2D eigenvalue weighted by Gasteiger charge is 2.28. The normalized spacial score (nSPS) is 15.3. The molecule has 0 atom stereocenters.